The van der Waals surface area contributed by atoms with Gasteiger partial charge in [0, 0.05) is 10.6 Å². The van der Waals surface area contributed by atoms with E-state index in [0.717, 1.165) is 0 Å². The smallest absolute Gasteiger partial charge is 0.248 e. The molecular formula is C14H16ClFN2O2. The Kier molecular flexibility index (Phi) is 3.99. The Balaban J connectivity index is 2.28. The molecule has 1 N–H and O–H groups in total. The van der Waals surface area contributed by atoms with Crippen LogP contribution in [0.2, 0.25) is 5.02 Å². The number of benzene rings is 1. The van der Waals surface area contributed by atoms with Crippen molar-refractivity contribution in [2.75, 3.05) is 6.54 Å². The van der Waals surface area contributed by atoms with Crippen LogP contribution in [0.25, 0.3) is 0 Å². The lowest BCUT2D eigenvalue weighted by molar-refractivity contribution is -0.149. The van der Waals surface area contributed by atoms with E-state index in [-0.39, 0.29) is 35.5 Å². The molecule has 1 aliphatic heterocycles. The molecule has 0 bridgehead atoms. The highest BCUT2D eigenvalue weighted by Gasteiger charge is 2.41. The molecule has 1 saturated heterocycles. The van der Waals surface area contributed by atoms with Crippen molar-refractivity contribution in [1.82, 2.24) is 10.2 Å². The predicted molar refractivity (Wildman–Crippen MR) is 73.7 cm³/mol. The maximum atomic E-state index is 13.8. The number of rotatable bonds is 3. The molecule has 0 spiro atoms. The van der Waals surface area contributed by atoms with Gasteiger partial charge >= 0.3 is 0 Å². The zero-order valence-electron chi connectivity index (χ0n) is 11.4. The van der Waals surface area contributed by atoms with Gasteiger partial charge < -0.3 is 10.2 Å². The van der Waals surface area contributed by atoms with E-state index in [4.69, 9.17) is 11.6 Å². The Hall–Kier alpha value is -1.62. The summed E-state index contributed by atoms with van der Waals surface area (Å²) >= 11 is 5.96. The summed E-state index contributed by atoms with van der Waals surface area (Å²) in [4.78, 5) is 25.5. The Bertz CT molecular complexity index is 544. The Morgan fingerprint density at radius 2 is 2.15 bits per heavy atom. The van der Waals surface area contributed by atoms with Crippen LogP contribution in [0.4, 0.5) is 4.39 Å². The maximum absolute atomic E-state index is 13.8. The van der Waals surface area contributed by atoms with Crippen LogP contribution in [0, 0.1) is 5.82 Å². The summed E-state index contributed by atoms with van der Waals surface area (Å²) in [5, 5.41) is 2.93. The molecule has 0 saturated carbocycles. The molecule has 0 aliphatic carbocycles. The standard InChI is InChI=1S/C14H16ClFN2O2/c1-3-14(2)13(20)18(8-12(19)17-14)7-9-10(15)5-4-6-11(9)16/h4-6H,3,7-8H2,1-2H3,(H,17,19). The monoisotopic (exact) mass is 298 g/mol. The fraction of sp³-hybridized carbons (Fsp3) is 0.429. The fourth-order valence-corrected chi connectivity index (χ4v) is 2.46. The second kappa shape index (κ2) is 5.40. The number of halogens is 2. The summed E-state index contributed by atoms with van der Waals surface area (Å²) in [5.74, 6) is -0.949. The number of carbonyl (C=O) groups excluding carboxylic acids is 2. The summed E-state index contributed by atoms with van der Waals surface area (Å²) < 4.78 is 13.8. The number of nitrogens with zero attached hydrogens (tertiary/aromatic N) is 1. The summed E-state index contributed by atoms with van der Waals surface area (Å²) in [6.45, 7) is 3.40. The molecule has 1 aliphatic rings. The van der Waals surface area contributed by atoms with Gasteiger partial charge in [0.25, 0.3) is 0 Å². The minimum absolute atomic E-state index is 0.00660. The van der Waals surface area contributed by atoms with Crippen LogP contribution in [-0.2, 0) is 16.1 Å². The number of hydrogen-bond acceptors (Lipinski definition) is 2. The summed E-state index contributed by atoms with van der Waals surface area (Å²) in [5.41, 5.74) is -0.705. The molecule has 1 unspecified atom stereocenters. The van der Waals surface area contributed by atoms with Gasteiger partial charge in [0.1, 0.15) is 11.4 Å². The molecule has 6 heteroatoms. The third kappa shape index (κ3) is 2.63. The lowest BCUT2D eigenvalue weighted by atomic mass is 9.94. The van der Waals surface area contributed by atoms with Crippen LogP contribution >= 0.6 is 11.6 Å². The van der Waals surface area contributed by atoms with E-state index in [1.807, 2.05) is 6.92 Å². The molecule has 2 amide bonds. The SMILES string of the molecule is CCC1(C)NC(=O)CN(Cc2c(F)cccc2Cl)C1=O. The predicted octanol–water partition coefficient (Wildman–Crippen LogP) is 2.11. The first-order valence-electron chi connectivity index (χ1n) is 6.40. The average Bonchev–Trinajstić information content (AvgIpc) is 2.39. The molecule has 1 atom stereocenters. The fourth-order valence-electron chi connectivity index (χ4n) is 2.24. The Morgan fingerprint density at radius 3 is 2.75 bits per heavy atom. The zero-order chi connectivity index (χ0) is 14.9. The van der Waals surface area contributed by atoms with E-state index in [2.05, 4.69) is 5.32 Å². The van der Waals surface area contributed by atoms with Crippen molar-refractivity contribution in [3.8, 4) is 0 Å². The van der Waals surface area contributed by atoms with Crippen molar-refractivity contribution < 1.29 is 14.0 Å². The topological polar surface area (TPSA) is 49.4 Å². The Morgan fingerprint density at radius 1 is 1.45 bits per heavy atom. The van der Waals surface area contributed by atoms with Gasteiger partial charge in [-0.3, -0.25) is 9.59 Å². The Labute approximate surface area is 121 Å². The lowest BCUT2D eigenvalue weighted by Crippen LogP contribution is -2.64. The molecule has 20 heavy (non-hydrogen) atoms. The van der Waals surface area contributed by atoms with Crippen molar-refractivity contribution in [2.24, 2.45) is 0 Å². The molecule has 1 aromatic carbocycles. The summed E-state index contributed by atoms with van der Waals surface area (Å²) in [6, 6.07) is 4.35. The molecule has 1 aromatic rings. The van der Waals surface area contributed by atoms with Crippen molar-refractivity contribution >= 4 is 23.4 Å². The van der Waals surface area contributed by atoms with Gasteiger partial charge in [-0.05, 0) is 25.5 Å². The molecule has 0 radical (unpaired) electrons. The van der Waals surface area contributed by atoms with E-state index < -0.39 is 11.4 Å². The van der Waals surface area contributed by atoms with Crippen molar-refractivity contribution in [1.29, 1.82) is 0 Å². The largest absolute Gasteiger partial charge is 0.340 e. The molecule has 1 heterocycles. The number of piperazine rings is 1. The second-order valence-corrected chi connectivity index (χ2v) is 5.50. The van der Waals surface area contributed by atoms with Crippen molar-refractivity contribution in [2.45, 2.75) is 32.4 Å². The quantitative estimate of drug-likeness (QED) is 0.929. The first-order chi connectivity index (χ1) is 9.37. The number of amides is 2. The van der Waals surface area contributed by atoms with E-state index in [1.54, 1.807) is 13.0 Å². The van der Waals surface area contributed by atoms with Crippen LogP contribution in [0.3, 0.4) is 0 Å². The molecular weight excluding hydrogens is 283 g/mol. The van der Waals surface area contributed by atoms with E-state index in [1.165, 1.54) is 17.0 Å². The number of hydrogen-bond donors (Lipinski definition) is 1. The van der Waals surface area contributed by atoms with Gasteiger partial charge in [-0.15, -0.1) is 0 Å². The highest BCUT2D eigenvalue weighted by atomic mass is 35.5. The van der Waals surface area contributed by atoms with E-state index in [0.29, 0.717) is 6.42 Å². The van der Waals surface area contributed by atoms with Crippen LogP contribution in [-0.4, -0.2) is 28.8 Å². The van der Waals surface area contributed by atoms with Crippen LogP contribution in [0.5, 0.6) is 0 Å². The van der Waals surface area contributed by atoms with Gasteiger partial charge in [0.15, 0.2) is 0 Å². The van der Waals surface area contributed by atoms with Crippen LogP contribution < -0.4 is 5.32 Å². The van der Waals surface area contributed by atoms with Crippen LogP contribution in [0.15, 0.2) is 18.2 Å². The first kappa shape index (κ1) is 14.8. The molecule has 1 fully saturated rings. The number of carbonyl (C=O) groups is 2. The van der Waals surface area contributed by atoms with Gasteiger partial charge in [-0.25, -0.2) is 4.39 Å². The van der Waals surface area contributed by atoms with Gasteiger partial charge in [-0.2, -0.15) is 0 Å². The van der Waals surface area contributed by atoms with E-state index >= 15 is 0 Å². The number of nitrogens with one attached hydrogen (secondary N) is 1. The van der Waals surface area contributed by atoms with Crippen molar-refractivity contribution in [3.05, 3.63) is 34.6 Å². The normalized spacial score (nSPS) is 22.9. The van der Waals surface area contributed by atoms with Crippen LogP contribution in [0.1, 0.15) is 25.8 Å². The molecule has 108 valence electrons. The zero-order valence-corrected chi connectivity index (χ0v) is 12.1. The average molecular weight is 299 g/mol. The highest BCUT2D eigenvalue weighted by molar-refractivity contribution is 6.31. The first-order valence-corrected chi connectivity index (χ1v) is 6.78. The van der Waals surface area contributed by atoms with E-state index in [9.17, 15) is 14.0 Å². The minimum atomic E-state index is -0.937. The van der Waals surface area contributed by atoms with Gasteiger partial charge in [-0.1, -0.05) is 24.6 Å². The third-order valence-electron chi connectivity index (χ3n) is 3.63. The van der Waals surface area contributed by atoms with Gasteiger partial charge in [0.2, 0.25) is 11.8 Å². The molecule has 2 rings (SSSR count). The lowest BCUT2D eigenvalue weighted by Gasteiger charge is -2.39. The molecule has 4 nitrogen and oxygen atoms in total. The highest BCUT2D eigenvalue weighted by Crippen LogP contribution is 2.24. The van der Waals surface area contributed by atoms with Crippen molar-refractivity contribution in [3.63, 3.8) is 0 Å². The maximum Gasteiger partial charge on any atom is 0.248 e. The molecule has 0 aromatic heterocycles. The summed E-state index contributed by atoms with van der Waals surface area (Å²) in [7, 11) is 0. The minimum Gasteiger partial charge on any atom is -0.340 e. The second-order valence-electron chi connectivity index (χ2n) is 5.10. The summed E-state index contributed by atoms with van der Waals surface area (Å²) in [6.07, 6.45) is 0.471. The third-order valence-corrected chi connectivity index (χ3v) is 3.98. The van der Waals surface area contributed by atoms with Gasteiger partial charge in [0.05, 0.1) is 13.1 Å².